The highest BCUT2D eigenvalue weighted by atomic mass is 35.5. The Morgan fingerprint density at radius 1 is 1.33 bits per heavy atom. The van der Waals surface area contributed by atoms with Gasteiger partial charge in [-0.3, -0.25) is 4.79 Å². The van der Waals surface area contributed by atoms with E-state index in [1.807, 2.05) is 24.3 Å². The molecule has 1 aromatic carbocycles. The number of hydrogen-bond donors (Lipinski definition) is 1. The highest BCUT2D eigenvalue weighted by molar-refractivity contribution is 6.19. The fraction of sp³-hybridized carbons (Fsp3) is 0.533. The van der Waals surface area contributed by atoms with Crippen molar-refractivity contribution in [3.8, 4) is 0 Å². The Hall–Kier alpha value is -1.02. The van der Waals surface area contributed by atoms with Gasteiger partial charge in [0.15, 0.2) is 0 Å². The highest BCUT2D eigenvalue weighted by Gasteiger charge is 2.37. The molecule has 2 nitrogen and oxygen atoms in total. The molecule has 0 bridgehead atoms. The second-order valence-electron chi connectivity index (χ2n) is 5.50. The van der Waals surface area contributed by atoms with Crippen LogP contribution in [0.2, 0.25) is 0 Å². The maximum Gasteiger partial charge on any atom is 0.251 e. The minimum atomic E-state index is -0.157. The lowest BCUT2D eigenvalue weighted by atomic mass is 9.78. The molecule has 0 saturated heterocycles. The topological polar surface area (TPSA) is 29.1 Å². The first kappa shape index (κ1) is 13.4. The van der Waals surface area contributed by atoms with Gasteiger partial charge < -0.3 is 5.32 Å². The smallest absolute Gasteiger partial charge is 0.251 e. The van der Waals surface area contributed by atoms with Crippen molar-refractivity contribution >= 4 is 17.5 Å². The zero-order valence-corrected chi connectivity index (χ0v) is 11.8. The summed E-state index contributed by atoms with van der Waals surface area (Å²) in [4.78, 5) is 12.1. The van der Waals surface area contributed by atoms with Crippen LogP contribution in [0.4, 0.5) is 0 Å². The van der Waals surface area contributed by atoms with Crippen molar-refractivity contribution in [3.63, 3.8) is 0 Å². The van der Waals surface area contributed by atoms with Gasteiger partial charge in [-0.05, 0) is 42.9 Å². The number of benzene rings is 1. The normalized spacial score (nSPS) is 17.3. The van der Waals surface area contributed by atoms with Crippen LogP contribution in [0.5, 0.6) is 0 Å². The predicted molar refractivity (Wildman–Crippen MR) is 75.3 cm³/mol. The summed E-state index contributed by atoms with van der Waals surface area (Å²) in [7, 11) is 0. The molecule has 1 N–H and O–H groups in total. The van der Waals surface area contributed by atoms with Crippen molar-refractivity contribution in [2.75, 3.05) is 5.88 Å². The van der Waals surface area contributed by atoms with Crippen LogP contribution in [0.3, 0.4) is 0 Å². The van der Waals surface area contributed by atoms with Gasteiger partial charge in [0, 0.05) is 11.4 Å². The van der Waals surface area contributed by atoms with Gasteiger partial charge in [0.1, 0.15) is 0 Å². The minimum absolute atomic E-state index is 0.00865. The van der Waals surface area contributed by atoms with Gasteiger partial charge in [0.25, 0.3) is 5.91 Å². The van der Waals surface area contributed by atoms with E-state index in [4.69, 9.17) is 11.6 Å². The SMILES string of the molecule is CC(C)c1ccc(C(=O)NC2(CCl)CCC2)cc1. The Labute approximate surface area is 114 Å². The van der Waals surface area contributed by atoms with Crippen LogP contribution in [0, 0.1) is 0 Å². The lowest BCUT2D eigenvalue weighted by Crippen LogP contribution is -2.55. The standard InChI is InChI=1S/C15H20ClNO/c1-11(2)12-4-6-13(7-5-12)14(18)17-15(10-16)8-3-9-15/h4-7,11H,3,8-10H2,1-2H3,(H,17,18). The van der Waals surface area contributed by atoms with Crippen LogP contribution in [-0.4, -0.2) is 17.3 Å². The van der Waals surface area contributed by atoms with Crippen molar-refractivity contribution in [2.24, 2.45) is 0 Å². The fourth-order valence-electron chi connectivity index (χ4n) is 2.23. The molecule has 0 atom stereocenters. The summed E-state index contributed by atoms with van der Waals surface area (Å²) in [5.41, 5.74) is 1.81. The zero-order valence-electron chi connectivity index (χ0n) is 11.0. The largest absolute Gasteiger partial charge is 0.345 e. The first-order chi connectivity index (χ1) is 8.56. The summed E-state index contributed by atoms with van der Waals surface area (Å²) >= 11 is 5.94. The molecule has 0 aromatic heterocycles. The molecule has 0 heterocycles. The number of nitrogens with one attached hydrogen (secondary N) is 1. The Bertz CT molecular complexity index is 415. The predicted octanol–water partition coefficient (Wildman–Crippen LogP) is 3.70. The van der Waals surface area contributed by atoms with Crippen LogP contribution >= 0.6 is 11.6 Å². The Balaban J connectivity index is 2.05. The van der Waals surface area contributed by atoms with Crippen LogP contribution in [0.15, 0.2) is 24.3 Å². The maximum atomic E-state index is 12.1. The molecule has 1 amide bonds. The van der Waals surface area contributed by atoms with E-state index in [9.17, 15) is 4.79 Å². The number of hydrogen-bond acceptors (Lipinski definition) is 1. The second kappa shape index (κ2) is 5.31. The van der Waals surface area contributed by atoms with E-state index in [-0.39, 0.29) is 11.4 Å². The second-order valence-corrected chi connectivity index (χ2v) is 5.77. The van der Waals surface area contributed by atoms with E-state index in [2.05, 4.69) is 19.2 Å². The summed E-state index contributed by atoms with van der Waals surface area (Å²) < 4.78 is 0. The molecule has 98 valence electrons. The molecular weight excluding hydrogens is 246 g/mol. The van der Waals surface area contributed by atoms with Gasteiger partial charge in [-0.15, -0.1) is 11.6 Å². The molecular formula is C15H20ClNO. The summed E-state index contributed by atoms with van der Waals surface area (Å²) in [5.74, 6) is 0.983. The summed E-state index contributed by atoms with van der Waals surface area (Å²) in [6.07, 6.45) is 3.14. The third kappa shape index (κ3) is 2.69. The number of carbonyl (C=O) groups excluding carboxylic acids is 1. The molecule has 1 aliphatic carbocycles. The molecule has 0 spiro atoms. The van der Waals surface area contributed by atoms with Gasteiger partial charge in [-0.25, -0.2) is 0 Å². The van der Waals surface area contributed by atoms with Crippen molar-refractivity contribution in [1.29, 1.82) is 0 Å². The fourth-order valence-corrected chi connectivity index (χ4v) is 2.56. The third-order valence-electron chi connectivity index (χ3n) is 3.78. The van der Waals surface area contributed by atoms with E-state index >= 15 is 0 Å². The van der Waals surface area contributed by atoms with Crippen LogP contribution in [0.1, 0.15) is 54.9 Å². The third-order valence-corrected chi connectivity index (χ3v) is 4.30. The van der Waals surface area contributed by atoms with Crippen LogP contribution in [-0.2, 0) is 0 Å². The van der Waals surface area contributed by atoms with Crippen molar-refractivity contribution in [1.82, 2.24) is 5.32 Å². The molecule has 1 aliphatic rings. The van der Waals surface area contributed by atoms with E-state index in [0.29, 0.717) is 11.8 Å². The van der Waals surface area contributed by atoms with Crippen molar-refractivity contribution < 1.29 is 4.79 Å². The molecule has 0 radical (unpaired) electrons. The monoisotopic (exact) mass is 265 g/mol. The molecule has 2 rings (SSSR count). The minimum Gasteiger partial charge on any atom is -0.345 e. The molecule has 1 fully saturated rings. The number of alkyl halides is 1. The Kier molecular flexibility index (Phi) is 3.96. The number of rotatable bonds is 4. The molecule has 1 saturated carbocycles. The average Bonchev–Trinajstić information content (AvgIpc) is 2.33. The van der Waals surface area contributed by atoms with Crippen molar-refractivity contribution in [2.45, 2.75) is 44.6 Å². The van der Waals surface area contributed by atoms with Gasteiger partial charge >= 0.3 is 0 Å². The Morgan fingerprint density at radius 3 is 2.33 bits per heavy atom. The molecule has 18 heavy (non-hydrogen) atoms. The van der Waals surface area contributed by atoms with Crippen LogP contribution in [0.25, 0.3) is 0 Å². The summed E-state index contributed by atoms with van der Waals surface area (Å²) in [5, 5.41) is 3.07. The highest BCUT2D eigenvalue weighted by Crippen LogP contribution is 2.33. The van der Waals surface area contributed by atoms with Gasteiger partial charge in [-0.1, -0.05) is 26.0 Å². The summed E-state index contributed by atoms with van der Waals surface area (Å²) in [6.45, 7) is 4.29. The van der Waals surface area contributed by atoms with Gasteiger partial charge in [0.2, 0.25) is 0 Å². The quantitative estimate of drug-likeness (QED) is 0.827. The van der Waals surface area contributed by atoms with E-state index < -0.39 is 0 Å². The molecule has 0 aliphatic heterocycles. The Morgan fingerprint density at radius 2 is 1.94 bits per heavy atom. The molecule has 3 heteroatoms. The van der Waals surface area contributed by atoms with Gasteiger partial charge in [0.05, 0.1) is 5.54 Å². The average molecular weight is 266 g/mol. The van der Waals surface area contributed by atoms with Crippen LogP contribution < -0.4 is 5.32 Å². The molecule has 0 unspecified atom stereocenters. The maximum absolute atomic E-state index is 12.1. The van der Waals surface area contributed by atoms with E-state index in [1.165, 1.54) is 5.56 Å². The van der Waals surface area contributed by atoms with Crippen molar-refractivity contribution in [3.05, 3.63) is 35.4 Å². The first-order valence-electron chi connectivity index (χ1n) is 6.55. The number of carbonyl (C=O) groups is 1. The summed E-state index contributed by atoms with van der Waals surface area (Å²) in [6, 6.07) is 7.83. The number of halogens is 1. The van der Waals surface area contributed by atoms with E-state index in [1.54, 1.807) is 0 Å². The molecule has 1 aromatic rings. The lowest BCUT2D eigenvalue weighted by molar-refractivity contribution is 0.0854. The van der Waals surface area contributed by atoms with E-state index in [0.717, 1.165) is 24.8 Å². The number of amides is 1. The first-order valence-corrected chi connectivity index (χ1v) is 7.08. The zero-order chi connectivity index (χ0) is 13.2. The van der Waals surface area contributed by atoms with Gasteiger partial charge in [-0.2, -0.15) is 0 Å². The lowest BCUT2D eigenvalue weighted by Gasteiger charge is -2.41.